The third-order valence-corrected chi connectivity index (χ3v) is 6.43. The lowest BCUT2D eigenvalue weighted by molar-refractivity contribution is 0.0948. The predicted molar refractivity (Wildman–Crippen MR) is 104 cm³/mol. The smallest absolute Gasteiger partial charge is 0.254 e. The molecular formula is C19H30FN3O3S. The van der Waals surface area contributed by atoms with Crippen LogP contribution in [0.4, 0.5) is 4.39 Å². The van der Waals surface area contributed by atoms with E-state index in [9.17, 15) is 17.6 Å². The van der Waals surface area contributed by atoms with Crippen molar-refractivity contribution in [1.82, 2.24) is 14.9 Å². The number of carbonyl (C=O) groups excluding carboxylic acids is 1. The van der Waals surface area contributed by atoms with Crippen LogP contribution < -0.4 is 10.0 Å². The van der Waals surface area contributed by atoms with Crippen molar-refractivity contribution in [3.63, 3.8) is 0 Å². The van der Waals surface area contributed by atoms with Crippen LogP contribution in [-0.4, -0.2) is 51.9 Å². The molecule has 1 aromatic carbocycles. The zero-order valence-corrected chi connectivity index (χ0v) is 16.9. The van der Waals surface area contributed by atoms with Gasteiger partial charge >= 0.3 is 0 Å². The van der Waals surface area contributed by atoms with Crippen LogP contribution >= 0.6 is 0 Å². The number of hydrogen-bond donors (Lipinski definition) is 2. The highest BCUT2D eigenvalue weighted by Crippen LogP contribution is 2.17. The van der Waals surface area contributed by atoms with E-state index in [-0.39, 0.29) is 17.0 Å². The maximum Gasteiger partial charge on any atom is 0.254 e. The van der Waals surface area contributed by atoms with Gasteiger partial charge in [-0.3, -0.25) is 4.79 Å². The first-order chi connectivity index (χ1) is 12.8. The predicted octanol–water partition coefficient (Wildman–Crippen LogP) is 2.37. The molecule has 8 heteroatoms. The minimum atomic E-state index is -3.73. The van der Waals surface area contributed by atoms with Crippen LogP contribution in [0.3, 0.4) is 0 Å². The molecular weight excluding hydrogens is 369 g/mol. The van der Waals surface area contributed by atoms with E-state index in [1.807, 2.05) is 0 Å². The third kappa shape index (κ3) is 6.55. The zero-order chi connectivity index (χ0) is 19.9. The minimum absolute atomic E-state index is 0.116. The highest BCUT2D eigenvalue weighted by Gasteiger charge is 2.19. The zero-order valence-electron chi connectivity index (χ0n) is 16.1. The van der Waals surface area contributed by atoms with Gasteiger partial charge in [-0.2, -0.15) is 0 Å². The Bertz CT molecular complexity index is 732. The molecule has 0 bridgehead atoms. The Morgan fingerprint density at radius 3 is 2.63 bits per heavy atom. The van der Waals surface area contributed by atoms with E-state index < -0.39 is 21.7 Å². The van der Waals surface area contributed by atoms with Gasteiger partial charge in [0, 0.05) is 13.1 Å². The van der Waals surface area contributed by atoms with Crippen LogP contribution in [0.15, 0.2) is 23.1 Å². The van der Waals surface area contributed by atoms with E-state index in [4.69, 9.17) is 0 Å². The molecule has 0 atom stereocenters. The van der Waals surface area contributed by atoms with Crippen molar-refractivity contribution in [3.8, 4) is 0 Å². The number of rotatable bonds is 9. The van der Waals surface area contributed by atoms with Gasteiger partial charge in [0.25, 0.3) is 5.91 Å². The summed E-state index contributed by atoms with van der Waals surface area (Å²) in [6, 6.07) is 3.25. The van der Waals surface area contributed by atoms with E-state index in [0.717, 1.165) is 56.6 Å². The van der Waals surface area contributed by atoms with Crippen LogP contribution in [-0.2, 0) is 10.0 Å². The van der Waals surface area contributed by atoms with Gasteiger partial charge in [0.2, 0.25) is 10.0 Å². The number of nitrogens with zero attached hydrogens (tertiary/aromatic N) is 1. The number of hydrogen-bond acceptors (Lipinski definition) is 4. The topological polar surface area (TPSA) is 78.5 Å². The second-order valence-electron chi connectivity index (χ2n) is 7.13. The van der Waals surface area contributed by atoms with Crippen LogP contribution in [0.25, 0.3) is 0 Å². The molecule has 1 aromatic rings. The first kappa shape index (κ1) is 21.8. The highest BCUT2D eigenvalue weighted by atomic mass is 32.2. The van der Waals surface area contributed by atoms with Crippen molar-refractivity contribution in [2.75, 3.05) is 32.7 Å². The molecule has 1 fully saturated rings. The second-order valence-corrected chi connectivity index (χ2v) is 8.90. The summed E-state index contributed by atoms with van der Waals surface area (Å²) in [4.78, 5) is 14.6. The first-order valence-corrected chi connectivity index (χ1v) is 11.1. The third-order valence-electron chi connectivity index (χ3n) is 4.89. The Hall–Kier alpha value is -1.51. The summed E-state index contributed by atoms with van der Waals surface area (Å²) in [7, 11) is -3.73. The number of benzene rings is 1. The molecule has 0 radical (unpaired) electrons. The lowest BCUT2D eigenvalue weighted by atomic mass is 9.99. The van der Waals surface area contributed by atoms with E-state index >= 15 is 0 Å². The van der Waals surface area contributed by atoms with Gasteiger partial charge in [-0.25, -0.2) is 17.5 Å². The molecule has 27 heavy (non-hydrogen) atoms. The summed E-state index contributed by atoms with van der Waals surface area (Å²) < 4.78 is 40.3. The second kappa shape index (κ2) is 10.1. The van der Waals surface area contributed by atoms with Crippen molar-refractivity contribution in [1.29, 1.82) is 0 Å². The number of likely N-dealkylation sites (tertiary alicyclic amines) is 1. The summed E-state index contributed by atoms with van der Waals surface area (Å²) in [6.45, 7) is 7.86. The van der Waals surface area contributed by atoms with Gasteiger partial charge in [0.1, 0.15) is 5.82 Å². The molecule has 0 spiro atoms. The number of piperidine rings is 1. The lowest BCUT2D eigenvalue weighted by Crippen LogP contribution is -2.34. The molecule has 0 aliphatic carbocycles. The van der Waals surface area contributed by atoms with Crippen molar-refractivity contribution in [3.05, 3.63) is 29.6 Å². The largest absolute Gasteiger partial charge is 0.352 e. The fraction of sp³-hybridized carbons (Fsp3) is 0.632. The average Bonchev–Trinajstić information content (AvgIpc) is 2.63. The first-order valence-electron chi connectivity index (χ1n) is 9.63. The molecule has 0 unspecified atom stereocenters. The number of sulfonamides is 1. The van der Waals surface area contributed by atoms with Crippen molar-refractivity contribution in [2.45, 2.75) is 44.4 Å². The molecule has 0 aromatic heterocycles. The molecule has 152 valence electrons. The number of nitrogens with one attached hydrogen (secondary N) is 2. The van der Waals surface area contributed by atoms with Crippen LogP contribution in [0.1, 0.15) is 49.9 Å². The maximum absolute atomic E-state index is 14.0. The fourth-order valence-electron chi connectivity index (χ4n) is 3.16. The Morgan fingerprint density at radius 1 is 1.26 bits per heavy atom. The standard InChI is InChI=1S/C19H30FN3O3S/c1-3-22-27(25,26)16-6-7-18(20)17(14-16)19(24)21-10-4-5-11-23-12-8-15(2)9-13-23/h6-7,14-15,22H,3-5,8-13H2,1-2H3,(H,21,24). The maximum atomic E-state index is 14.0. The summed E-state index contributed by atoms with van der Waals surface area (Å²) in [6.07, 6.45) is 4.24. The Morgan fingerprint density at radius 2 is 1.96 bits per heavy atom. The van der Waals surface area contributed by atoms with Crippen molar-refractivity contribution >= 4 is 15.9 Å². The fourth-order valence-corrected chi connectivity index (χ4v) is 4.23. The van der Waals surface area contributed by atoms with Crippen LogP contribution in [0, 0.1) is 11.7 Å². The number of carbonyl (C=O) groups is 1. The Kier molecular flexibility index (Phi) is 8.19. The summed E-state index contributed by atoms with van der Waals surface area (Å²) in [5.41, 5.74) is -0.251. The highest BCUT2D eigenvalue weighted by molar-refractivity contribution is 7.89. The van der Waals surface area contributed by atoms with Gasteiger partial charge in [-0.1, -0.05) is 13.8 Å². The number of unbranched alkanes of at least 4 members (excludes halogenated alkanes) is 1. The molecule has 1 amide bonds. The van der Waals surface area contributed by atoms with E-state index in [0.29, 0.717) is 6.54 Å². The quantitative estimate of drug-likeness (QED) is 0.625. The van der Waals surface area contributed by atoms with Gasteiger partial charge in [-0.05, 0) is 69.4 Å². The Balaban J connectivity index is 1.81. The molecule has 1 saturated heterocycles. The molecule has 1 heterocycles. The van der Waals surface area contributed by atoms with Gasteiger partial charge in [0.05, 0.1) is 10.5 Å². The van der Waals surface area contributed by atoms with Crippen molar-refractivity contribution in [2.24, 2.45) is 5.92 Å². The SMILES string of the molecule is CCNS(=O)(=O)c1ccc(F)c(C(=O)NCCCCN2CCC(C)CC2)c1. The molecule has 6 nitrogen and oxygen atoms in total. The van der Waals surface area contributed by atoms with Gasteiger partial charge in [-0.15, -0.1) is 0 Å². The van der Waals surface area contributed by atoms with Gasteiger partial charge < -0.3 is 10.2 Å². The van der Waals surface area contributed by atoms with Crippen molar-refractivity contribution < 1.29 is 17.6 Å². The van der Waals surface area contributed by atoms with Gasteiger partial charge in [0.15, 0.2) is 0 Å². The monoisotopic (exact) mass is 399 g/mol. The van der Waals surface area contributed by atoms with Crippen LogP contribution in [0.2, 0.25) is 0 Å². The molecule has 0 saturated carbocycles. The normalized spacial score (nSPS) is 16.4. The molecule has 2 N–H and O–H groups in total. The number of amides is 1. The molecule has 1 aliphatic rings. The molecule has 1 aliphatic heterocycles. The average molecular weight is 400 g/mol. The van der Waals surface area contributed by atoms with E-state index in [2.05, 4.69) is 21.9 Å². The van der Waals surface area contributed by atoms with E-state index in [1.54, 1.807) is 6.92 Å². The molecule has 2 rings (SSSR count). The van der Waals surface area contributed by atoms with E-state index in [1.165, 1.54) is 12.8 Å². The summed E-state index contributed by atoms with van der Waals surface area (Å²) >= 11 is 0. The Labute approximate surface area is 161 Å². The number of halogens is 1. The van der Waals surface area contributed by atoms with Crippen LogP contribution in [0.5, 0.6) is 0 Å². The minimum Gasteiger partial charge on any atom is -0.352 e. The lowest BCUT2D eigenvalue weighted by Gasteiger charge is -2.30. The summed E-state index contributed by atoms with van der Waals surface area (Å²) in [5, 5.41) is 2.68. The summed E-state index contributed by atoms with van der Waals surface area (Å²) in [5.74, 6) is -0.513.